The van der Waals surface area contributed by atoms with Crippen LogP contribution in [0.2, 0.25) is 5.02 Å². The minimum Gasteiger partial charge on any atom is -0.465 e. The Morgan fingerprint density at radius 2 is 1.59 bits per heavy atom. The van der Waals surface area contributed by atoms with Gasteiger partial charge in [-0.05, 0) is 30.3 Å². The van der Waals surface area contributed by atoms with Crippen LogP contribution >= 0.6 is 11.6 Å². The van der Waals surface area contributed by atoms with Gasteiger partial charge in [0.2, 0.25) is 0 Å². The van der Waals surface area contributed by atoms with Crippen molar-refractivity contribution < 1.29 is 14.3 Å². The third kappa shape index (κ3) is 4.48. The minimum atomic E-state index is -0.621. The number of esters is 1. The molecule has 0 aliphatic carbocycles. The fourth-order valence-corrected chi connectivity index (χ4v) is 3.41. The maximum absolute atomic E-state index is 12.8. The number of carbonyl (C=O) groups excluding carboxylic acids is 2. The molecule has 2 N–H and O–H groups in total. The molecule has 3 aromatic carbocycles. The van der Waals surface area contributed by atoms with E-state index in [-0.39, 0.29) is 11.4 Å². The molecule has 0 bridgehead atoms. The molecule has 0 radical (unpaired) electrons. The zero-order chi connectivity index (χ0) is 22.5. The first-order valence-electron chi connectivity index (χ1n) is 9.72. The molecule has 7 nitrogen and oxygen atoms in total. The van der Waals surface area contributed by atoms with Gasteiger partial charge in [-0.15, -0.1) is 0 Å². The number of carbonyl (C=O) groups is 2. The van der Waals surface area contributed by atoms with Gasteiger partial charge in [0.15, 0.2) is 5.82 Å². The highest BCUT2D eigenvalue weighted by atomic mass is 35.5. The highest BCUT2D eigenvalue weighted by Crippen LogP contribution is 2.32. The summed E-state index contributed by atoms with van der Waals surface area (Å²) in [5.74, 6) is -0.439. The summed E-state index contributed by atoms with van der Waals surface area (Å²) < 4.78 is 6.53. The number of para-hydroxylation sites is 1. The summed E-state index contributed by atoms with van der Waals surface area (Å²) in [6, 6.07) is 24.6. The Bertz CT molecular complexity index is 1260. The van der Waals surface area contributed by atoms with Crippen LogP contribution in [0.5, 0.6) is 0 Å². The molecular formula is C24H19ClN4O3. The van der Waals surface area contributed by atoms with E-state index in [9.17, 15) is 9.59 Å². The zero-order valence-corrected chi connectivity index (χ0v) is 17.8. The zero-order valence-electron chi connectivity index (χ0n) is 17.1. The lowest BCUT2D eigenvalue weighted by Crippen LogP contribution is -2.23. The van der Waals surface area contributed by atoms with Gasteiger partial charge in [-0.2, -0.15) is 5.10 Å². The van der Waals surface area contributed by atoms with Crippen LogP contribution in [0.3, 0.4) is 0 Å². The number of aromatic nitrogens is 2. The van der Waals surface area contributed by atoms with Crippen molar-refractivity contribution in [1.82, 2.24) is 9.78 Å². The topological polar surface area (TPSA) is 85.2 Å². The number of nitrogens with zero attached hydrogens (tertiary/aromatic N) is 2. The lowest BCUT2D eigenvalue weighted by atomic mass is 10.1. The number of ether oxygens (including phenoxy) is 1. The van der Waals surface area contributed by atoms with Crippen LogP contribution in [0.4, 0.5) is 16.3 Å². The van der Waals surface area contributed by atoms with Crippen LogP contribution < -0.4 is 10.6 Å². The Labute approximate surface area is 189 Å². The molecule has 0 unspecified atom stereocenters. The quantitative estimate of drug-likeness (QED) is 0.389. The van der Waals surface area contributed by atoms with Crippen LogP contribution in [0.15, 0.2) is 84.9 Å². The van der Waals surface area contributed by atoms with Crippen LogP contribution in [0.25, 0.3) is 16.9 Å². The Morgan fingerprint density at radius 3 is 2.25 bits per heavy atom. The van der Waals surface area contributed by atoms with Crippen LogP contribution in [0.1, 0.15) is 10.4 Å². The molecule has 0 saturated heterocycles. The Morgan fingerprint density at radius 1 is 0.906 bits per heavy atom. The highest BCUT2D eigenvalue weighted by molar-refractivity contribution is 6.30. The van der Waals surface area contributed by atoms with E-state index in [1.165, 1.54) is 11.8 Å². The van der Waals surface area contributed by atoms with Crippen molar-refractivity contribution in [3.8, 4) is 16.9 Å². The molecule has 0 atom stereocenters. The average molecular weight is 447 g/mol. The van der Waals surface area contributed by atoms with Crippen LogP contribution in [-0.4, -0.2) is 28.9 Å². The van der Waals surface area contributed by atoms with E-state index in [0.29, 0.717) is 27.7 Å². The lowest BCUT2D eigenvalue weighted by molar-refractivity contribution is 0.0603. The number of amides is 2. The van der Waals surface area contributed by atoms with Crippen LogP contribution in [0, 0.1) is 0 Å². The summed E-state index contributed by atoms with van der Waals surface area (Å²) >= 11 is 6.00. The second-order valence-electron chi connectivity index (χ2n) is 6.77. The van der Waals surface area contributed by atoms with Crippen molar-refractivity contribution in [1.29, 1.82) is 0 Å². The maximum atomic E-state index is 12.8. The number of anilines is 2. The van der Waals surface area contributed by atoms with Crippen molar-refractivity contribution >= 4 is 35.1 Å². The predicted molar refractivity (Wildman–Crippen MR) is 124 cm³/mol. The summed E-state index contributed by atoms with van der Waals surface area (Å²) in [6.07, 6.45) is 0. The first kappa shape index (κ1) is 21.1. The van der Waals surface area contributed by atoms with E-state index in [0.717, 1.165) is 0 Å². The number of halogens is 1. The average Bonchev–Trinajstić information content (AvgIpc) is 3.18. The molecule has 1 heterocycles. The molecule has 32 heavy (non-hydrogen) atoms. The fourth-order valence-electron chi connectivity index (χ4n) is 3.22. The number of urea groups is 1. The lowest BCUT2D eigenvalue weighted by Gasteiger charge is -2.12. The van der Waals surface area contributed by atoms with Gasteiger partial charge in [-0.3, -0.25) is 5.32 Å². The Hall–Kier alpha value is -4.10. The Balaban J connectivity index is 1.82. The largest absolute Gasteiger partial charge is 0.465 e. The predicted octanol–water partition coefficient (Wildman–Crippen LogP) is 5.62. The molecular weight excluding hydrogens is 428 g/mol. The van der Waals surface area contributed by atoms with E-state index in [1.807, 2.05) is 60.7 Å². The number of benzene rings is 3. The minimum absolute atomic E-state index is 0.142. The van der Waals surface area contributed by atoms with Crippen molar-refractivity contribution in [2.75, 3.05) is 17.7 Å². The van der Waals surface area contributed by atoms with Crippen molar-refractivity contribution in [3.05, 3.63) is 95.5 Å². The van der Waals surface area contributed by atoms with Crippen LogP contribution in [-0.2, 0) is 4.74 Å². The Kier molecular flexibility index (Phi) is 6.19. The molecule has 1 aromatic heterocycles. The second kappa shape index (κ2) is 9.36. The summed E-state index contributed by atoms with van der Waals surface area (Å²) in [6.45, 7) is 0. The summed E-state index contributed by atoms with van der Waals surface area (Å²) in [5, 5.41) is 10.6. The number of nitrogens with one attached hydrogen (secondary N) is 2. The normalized spacial score (nSPS) is 10.4. The van der Waals surface area contributed by atoms with Gasteiger partial charge >= 0.3 is 12.0 Å². The molecule has 0 spiro atoms. The van der Waals surface area contributed by atoms with Gasteiger partial charge in [0.25, 0.3) is 0 Å². The maximum Gasteiger partial charge on any atom is 0.343 e. The third-order valence-electron chi connectivity index (χ3n) is 4.64. The van der Waals surface area contributed by atoms with Crippen molar-refractivity contribution in [2.45, 2.75) is 0 Å². The van der Waals surface area contributed by atoms with Crippen molar-refractivity contribution in [2.24, 2.45) is 0 Å². The van der Waals surface area contributed by atoms with E-state index >= 15 is 0 Å². The standard InChI is InChI=1S/C24H19ClN4O3/c1-32-23(30)20-21(16-9-4-2-5-10-16)28-29(19-13-6-3-7-14-19)22(20)27-24(31)26-18-12-8-11-17(25)15-18/h2-15H,1H3,(H2,26,27,31). The highest BCUT2D eigenvalue weighted by Gasteiger charge is 2.27. The molecule has 160 valence electrons. The van der Waals surface area contributed by atoms with Gasteiger partial charge in [-0.1, -0.05) is 66.2 Å². The number of methoxy groups -OCH3 is 1. The van der Waals surface area contributed by atoms with Gasteiger partial charge in [0.1, 0.15) is 11.3 Å². The first-order valence-corrected chi connectivity index (χ1v) is 10.1. The number of rotatable bonds is 5. The molecule has 0 aliphatic rings. The van der Waals surface area contributed by atoms with Gasteiger partial charge in [0.05, 0.1) is 12.8 Å². The van der Waals surface area contributed by atoms with E-state index in [2.05, 4.69) is 15.7 Å². The van der Waals surface area contributed by atoms with Crippen molar-refractivity contribution in [3.63, 3.8) is 0 Å². The van der Waals surface area contributed by atoms with Gasteiger partial charge in [-0.25, -0.2) is 14.3 Å². The third-order valence-corrected chi connectivity index (χ3v) is 4.87. The second-order valence-corrected chi connectivity index (χ2v) is 7.20. The fraction of sp³-hybridized carbons (Fsp3) is 0.0417. The summed E-state index contributed by atoms with van der Waals surface area (Å²) in [5.41, 5.74) is 2.41. The molecule has 4 rings (SSSR count). The first-order chi connectivity index (χ1) is 15.6. The van der Waals surface area contributed by atoms with Gasteiger partial charge in [0, 0.05) is 16.3 Å². The number of hydrogen-bond acceptors (Lipinski definition) is 4. The van der Waals surface area contributed by atoms with E-state index < -0.39 is 12.0 Å². The summed E-state index contributed by atoms with van der Waals surface area (Å²) in [7, 11) is 1.28. The molecule has 8 heteroatoms. The monoisotopic (exact) mass is 446 g/mol. The molecule has 2 amide bonds. The molecule has 4 aromatic rings. The summed E-state index contributed by atoms with van der Waals surface area (Å²) in [4.78, 5) is 25.6. The smallest absolute Gasteiger partial charge is 0.343 e. The van der Waals surface area contributed by atoms with E-state index in [1.54, 1.807) is 24.3 Å². The molecule has 0 aliphatic heterocycles. The SMILES string of the molecule is COC(=O)c1c(-c2ccccc2)nn(-c2ccccc2)c1NC(=O)Nc1cccc(Cl)c1. The molecule has 0 saturated carbocycles. The molecule has 0 fully saturated rings. The van der Waals surface area contributed by atoms with Gasteiger partial charge < -0.3 is 10.1 Å². The number of hydrogen-bond donors (Lipinski definition) is 2. The van der Waals surface area contributed by atoms with E-state index in [4.69, 9.17) is 16.3 Å².